The topological polar surface area (TPSA) is 40.5 Å². The fourth-order valence-electron chi connectivity index (χ4n) is 1.64. The maximum absolute atomic E-state index is 14.1. The number of aromatic carboxylic acids is 1. The van der Waals surface area contributed by atoms with Crippen molar-refractivity contribution >= 4 is 27.6 Å². The van der Waals surface area contributed by atoms with E-state index in [1.807, 2.05) is 11.8 Å². The van der Waals surface area contributed by atoms with Gasteiger partial charge in [-0.1, -0.05) is 13.8 Å². The number of benzene rings is 1. The largest absolute Gasteiger partial charge is 0.478 e. The Balaban J connectivity index is 3.20. The van der Waals surface area contributed by atoms with Gasteiger partial charge >= 0.3 is 5.97 Å². The van der Waals surface area contributed by atoms with Crippen molar-refractivity contribution in [2.24, 2.45) is 5.92 Å². The van der Waals surface area contributed by atoms with Gasteiger partial charge in [0.25, 0.3) is 0 Å². The number of rotatable bonds is 4. The van der Waals surface area contributed by atoms with Crippen LogP contribution in [0.25, 0.3) is 0 Å². The van der Waals surface area contributed by atoms with Gasteiger partial charge in [0.15, 0.2) is 5.82 Å². The van der Waals surface area contributed by atoms with E-state index in [1.165, 1.54) is 12.1 Å². The van der Waals surface area contributed by atoms with E-state index in [0.717, 1.165) is 0 Å². The van der Waals surface area contributed by atoms with Crippen LogP contribution in [0.4, 0.5) is 10.1 Å². The molecule has 3 nitrogen and oxygen atoms in total. The van der Waals surface area contributed by atoms with Crippen molar-refractivity contribution in [3.05, 3.63) is 28.0 Å². The van der Waals surface area contributed by atoms with Crippen LogP contribution in [0.15, 0.2) is 16.6 Å². The molecule has 5 heteroatoms. The van der Waals surface area contributed by atoms with Crippen LogP contribution in [0.2, 0.25) is 0 Å². The third-order valence-electron chi connectivity index (χ3n) is 3.25. The van der Waals surface area contributed by atoms with Gasteiger partial charge in [-0.2, -0.15) is 0 Å². The monoisotopic (exact) mass is 317 g/mol. The van der Waals surface area contributed by atoms with Crippen LogP contribution < -0.4 is 4.90 Å². The predicted molar refractivity (Wildman–Crippen MR) is 73.8 cm³/mol. The molecule has 0 bridgehead atoms. The molecule has 0 aliphatic carbocycles. The van der Waals surface area contributed by atoms with Crippen molar-refractivity contribution in [1.29, 1.82) is 0 Å². The zero-order chi connectivity index (χ0) is 14.0. The average Bonchev–Trinajstić information content (AvgIpc) is 2.30. The first-order chi connectivity index (χ1) is 8.27. The summed E-state index contributed by atoms with van der Waals surface area (Å²) < 4.78 is 14.1. The van der Waals surface area contributed by atoms with Crippen molar-refractivity contribution in [3.63, 3.8) is 0 Å². The van der Waals surface area contributed by atoms with Gasteiger partial charge < -0.3 is 10.0 Å². The van der Waals surface area contributed by atoms with Crippen LogP contribution in [0.3, 0.4) is 0 Å². The summed E-state index contributed by atoms with van der Waals surface area (Å²) in [7, 11) is 1.80. The molecule has 100 valence electrons. The summed E-state index contributed by atoms with van der Waals surface area (Å²) in [5.74, 6) is -1.32. The Morgan fingerprint density at radius 1 is 1.39 bits per heavy atom. The summed E-state index contributed by atoms with van der Waals surface area (Å²) in [4.78, 5) is 12.7. The normalized spacial score (nSPS) is 12.6. The molecule has 1 aromatic rings. The molecule has 0 fully saturated rings. The van der Waals surface area contributed by atoms with E-state index in [4.69, 9.17) is 5.11 Å². The number of nitrogens with zero attached hydrogens (tertiary/aromatic N) is 1. The van der Waals surface area contributed by atoms with Crippen LogP contribution in [0.1, 0.15) is 31.1 Å². The number of carbonyl (C=O) groups is 1. The van der Waals surface area contributed by atoms with Crippen molar-refractivity contribution in [3.8, 4) is 0 Å². The highest BCUT2D eigenvalue weighted by molar-refractivity contribution is 9.10. The lowest BCUT2D eigenvalue weighted by atomic mass is 10.0. The molecule has 1 aromatic carbocycles. The van der Waals surface area contributed by atoms with Crippen LogP contribution in [0, 0.1) is 11.7 Å². The Morgan fingerprint density at radius 3 is 2.39 bits per heavy atom. The molecular formula is C13H17BrFNO2. The predicted octanol–water partition coefficient (Wildman–Crippen LogP) is 3.77. The van der Waals surface area contributed by atoms with Gasteiger partial charge in [0.2, 0.25) is 0 Å². The molecule has 0 aliphatic heterocycles. The number of hydrogen-bond donors (Lipinski definition) is 1. The molecule has 0 radical (unpaired) electrons. The lowest BCUT2D eigenvalue weighted by Gasteiger charge is -2.30. The molecule has 1 N–H and O–H groups in total. The van der Waals surface area contributed by atoms with Crippen LogP contribution >= 0.6 is 15.9 Å². The Hall–Kier alpha value is -1.10. The van der Waals surface area contributed by atoms with E-state index in [1.54, 1.807) is 7.05 Å². The zero-order valence-corrected chi connectivity index (χ0v) is 12.5. The van der Waals surface area contributed by atoms with E-state index in [9.17, 15) is 9.18 Å². The number of hydrogen-bond acceptors (Lipinski definition) is 2. The molecule has 1 atom stereocenters. The SMILES string of the molecule is CC(C)C(C)N(C)c1ccc(C(=O)O)c(Br)c1F. The zero-order valence-electron chi connectivity index (χ0n) is 10.9. The van der Waals surface area contributed by atoms with Gasteiger partial charge in [-0.05, 0) is 40.9 Å². The van der Waals surface area contributed by atoms with Crippen molar-refractivity contribution in [2.45, 2.75) is 26.8 Å². The van der Waals surface area contributed by atoms with Crippen molar-refractivity contribution in [1.82, 2.24) is 0 Å². The second-order valence-corrected chi connectivity index (χ2v) is 5.45. The Labute approximate surface area is 115 Å². The summed E-state index contributed by atoms with van der Waals surface area (Å²) in [6.45, 7) is 6.11. The van der Waals surface area contributed by atoms with Crippen molar-refractivity contribution in [2.75, 3.05) is 11.9 Å². The third-order valence-corrected chi connectivity index (χ3v) is 4.02. The maximum Gasteiger partial charge on any atom is 0.336 e. The standard InChI is InChI=1S/C13H17BrFNO2/c1-7(2)8(3)16(4)10-6-5-9(13(17)18)11(14)12(10)15/h5-8H,1-4H3,(H,17,18). The van der Waals surface area contributed by atoms with Crippen LogP contribution in [0.5, 0.6) is 0 Å². The second kappa shape index (κ2) is 5.69. The molecule has 18 heavy (non-hydrogen) atoms. The number of anilines is 1. The summed E-state index contributed by atoms with van der Waals surface area (Å²) in [5, 5.41) is 8.91. The minimum atomic E-state index is -1.15. The van der Waals surface area contributed by atoms with Crippen LogP contribution in [-0.2, 0) is 0 Å². The van der Waals surface area contributed by atoms with Gasteiger partial charge in [0.05, 0.1) is 15.7 Å². The van der Waals surface area contributed by atoms with E-state index in [-0.39, 0.29) is 16.1 Å². The van der Waals surface area contributed by atoms with E-state index in [2.05, 4.69) is 29.8 Å². The van der Waals surface area contributed by atoms with Gasteiger partial charge in [0, 0.05) is 13.1 Å². The number of carboxylic acids is 1. The first kappa shape index (κ1) is 15.0. The number of halogens is 2. The van der Waals surface area contributed by atoms with Gasteiger partial charge in [-0.15, -0.1) is 0 Å². The minimum Gasteiger partial charge on any atom is -0.478 e. The van der Waals surface area contributed by atoms with Crippen LogP contribution in [-0.4, -0.2) is 24.2 Å². The molecule has 0 heterocycles. The first-order valence-corrected chi connectivity index (χ1v) is 6.50. The molecule has 1 unspecified atom stereocenters. The fraction of sp³-hybridized carbons (Fsp3) is 0.462. The Bertz CT molecular complexity index is 463. The Morgan fingerprint density at radius 2 is 1.94 bits per heavy atom. The minimum absolute atomic E-state index is 0.00435. The van der Waals surface area contributed by atoms with E-state index < -0.39 is 11.8 Å². The summed E-state index contributed by atoms with van der Waals surface area (Å²) in [6, 6.07) is 3.07. The highest BCUT2D eigenvalue weighted by atomic mass is 79.9. The van der Waals surface area contributed by atoms with E-state index >= 15 is 0 Å². The maximum atomic E-state index is 14.1. The molecule has 0 amide bonds. The molecule has 0 aliphatic rings. The molecule has 0 aromatic heterocycles. The summed E-state index contributed by atoms with van der Waals surface area (Å²) >= 11 is 3.00. The summed E-state index contributed by atoms with van der Waals surface area (Å²) in [5.41, 5.74) is 0.329. The first-order valence-electron chi connectivity index (χ1n) is 5.71. The quantitative estimate of drug-likeness (QED) is 0.919. The Kier molecular flexibility index (Phi) is 4.73. The van der Waals surface area contributed by atoms with Crippen molar-refractivity contribution < 1.29 is 14.3 Å². The lowest BCUT2D eigenvalue weighted by molar-refractivity contribution is 0.0695. The highest BCUT2D eigenvalue weighted by Crippen LogP contribution is 2.30. The molecular weight excluding hydrogens is 301 g/mol. The smallest absolute Gasteiger partial charge is 0.336 e. The van der Waals surface area contributed by atoms with Gasteiger partial charge in [-0.25, -0.2) is 9.18 Å². The van der Waals surface area contributed by atoms with Gasteiger partial charge in [-0.3, -0.25) is 0 Å². The lowest BCUT2D eigenvalue weighted by Crippen LogP contribution is -2.33. The molecule has 1 rings (SSSR count). The van der Waals surface area contributed by atoms with Gasteiger partial charge in [0.1, 0.15) is 0 Å². The average molecular weight is 318 g/mol. The highest BCUT2D eigenvalue weighted by Gasteiger charge is 2.21. The number of carboxylic acid groups (broad SMARTS) is 1. The molecule has 0 spiro atoms. The molecule has 0 saturated carbocycles. The fourth-order valence-corrected chi connectivity index (χ4v) is 2.15. The third kappa shape index (κ3) is 2.83. The van der Waals surface area contributed by atoms with E-state index in [0.29, 0.717) is 11.6 Å². The summed E-state index contributed by atoms with van der Waals surface area (Å²) in [6.07, 6.45) is 0. The molecule has 0 saturated heterocycles. The second-order valence-electron chi connectivity index (χ2n) is 4.66.